The maximum absolute atomic E-state index is 11.9. The minimum atomic E-state index is -0.487. The van der Waals surface area contributed by atoms with E-state index >= 15 is 0 Å². The van der Waals surface area contributed by atoms with Crippen LogP contribution in [0.5, 0.6) is 0 Å². The van der Waals surface area contributed by atoms with Gasteiger partial charge in [-0.05, 0) is 45.1 Å². The van der Waals surface area contributed by atoms with Gasteiger partial charge >= 0.3 is 6.09 Å². The van der Waals surface area contributed by atoms with E-state index in [2.05, 4.69) is 23.0 Å². The van der Waals surface area contributed by atoms with E-state index in [-0.39, 0.29) is 6.04 Å². The average molecular weight is 304 g/mol. The van der Waals surface area contributed by atoms with E-state index in [1.165, 1.54) is 37.7 Å². The molecule has 0 saturated heterocycles. The van der Waals surface area contributed by atoms with Crippen LogP contribution in [-0.4, -0.2) is 11.7 Å². The first-order valence-electron chi connectivity index (χ1n) is 8.25. The quantitative estimate of drug-likeness (QED) is 0.814. The summed E-state index contributed by atoms with van der Waals surface area (Å²) in [6.07, 6.45) is 5.82. The van der Waals surface area contributed by atoms with Crippen molar-refractivity contribution in [3.8, 4) is 0 Å². The van der Waals surface area contributed by atoms with Gasteiger partial charge in [-0.25, -0.2) is 10.2 Å². The van der Waals surface area contributed by atoms with Crippen molar-refractivity contribution in [2.45, 2.75) is 64.5 Å². The monoisotopic (exact) mass is 304 g/mol. The number of hydrogen-bond acceptors (Lipinski definition) is 3. The summed E-state index contributed by atoms with van der Waals surface area (Å²) in [5.74, 6) is 0.547. The van der Waals surface area contributed by atoms with Crippen molar-refractivity contribution in [1.82, 2.24) is 10.9 Å². The van der Waals surface area contributed by atoms with Crippen LogP contribution in [0.15, 0.2) is 30.3 Å². The molecule has 1 aromatic carbocycles. The van der Waals surface area contributed by atoms with Gasteiger partial charge in [-0.15, -0.1) is 0 Å². The van der Waals surface area contributed by atoms with E-state index in [0.29, 0.717) is 5.92 Å². The Morgan fingerprint density at radius 1 is 1.14 bits per heavy atom. The number of nitrogens with one attached hydrogen (secondary N) is 2. The summed E-state index contributed by atoms with van der Waals surface area (Å²) >= 11 is 0. The van der Waals surface area contributed by atoms with Crippen LogP contribution < -0.4 is 10.9 Å². The van der Waals surface area contributed by atoms with Gasteiger partial charge in [0.25, 0.3) is 0 Å². The lowest BCUT2D eigenvalue weighted by Crippen LogP contribution is -2.45. The number of hydrogen-bond donors (Lipinski definition) is 2. The lowest BCUT2D eigenvalue weighted by atomic mass is 9.81. The van der Waals surface area contributed by atoms with Gasteiger partial charge in [0.05, 0.1) is 6.04 Å². The second-order valence-electron chi connectivity index (χ2n) is 7.06. The zero-order chi connectivity index (χ0) is 16.0. The largest absolute Gasteiger partial charge is 0.443 e. The van der Waals surface area contributed by atoms with Gasteiger partial charge in [0.15, 0.2) is 0 Å². The smallest absolute Gasteiger partial charge is 0.422 e. The van der Waals surface area contributed by atoms with E-state index in [0.717, 1.165) is 0 Å². The lowest BCUT2D eigenvalue weighted by molar-refractivity contribution is 0.0475. The maximum Gasteiger partial charge on any atom is 0.422 e. The molecule has 2 N–H and O–H groups in total. The molecular weight excluding hydrogens is 276 g/mol. The maximum atomic E-state index is 11.9. The summed E-state index contributed by atoms with van der Waals surface area (Å²) in [5.41, 5.74) is 6.65. The zero-order valence-corrected chi connectivity index (χ0v) is 13.9. The molecular formula is C18H28N2O2. The second-order valence-corrected chi connectivity index (χ2v) is 7.06. The van der Waals surface area contributed by atoms with Gasteiger partial charge in [-0.1, -0.05) is 49.6 Å². The first kappa shape index (κ1) is 16.8. The van der Waals surface area contributed by atoms with E-state index in [9.17, 15) is 4.79 Å². The summed E-state index contributed by atoms with van der Waals surface area (Å²) in [5, 5.41) is 0. The highest BCUT2D eigenvalue weighted by Gasteiger charge is 2.26. The molecule has 1 unspecified atom stereocenters. The average Bonchev–Trinajstić information content (AvgIpc) is 2.48. The molecule has 1 aromatic rings. The van der Waals surface area contributed by atoms with E-state index in [4.69, 9.17) is 4.74 Å². The molecule has 0 radical (unpaired) electrons. The second kappa shape index (κ2) is 7.63. The predicted octanol–water partition coefficient (Wildman–Crippen LogP) is 4.34. The number of amides is 1. The van der Waals surface area contributed by atoms with Crippen LogP contribution in [0, 0.1) is 5.92 Å². The van der Waals surface area contributed by atoms with Crippen LogP contribution in [0.3, 0.4) is 0 Å². The number of carbonyl (C=O) groups is 1. The molecule has 1 saturated carbocycles. The first-order chi connectivity index (χ1) is 10.5. The molecule has 0 aromatic heterocycles. The Kier molecular flexibility index (Phi) is 5.83. The van der Waals surface area contributed by atoms with Crippen LogP contribution in [0.1, 0.15) is 64.5 Å². The van der Waals surface area contributed by atoms with Gasteiger partial charge in [0.1, 0.15) is 5.60 Å². The minimum absolute atomic E-state index is 0.133. The third-order valence-electron chi connectivity index (χ3n) is 4.01. The van der Waals surface area contributed by atoms with Crippen LogP contribution in [0.4, 0.5) is 4.79 Å². The molecule has 4 heteroatoms. The van der Waals surface area contributed by atoms with Gasteiger partial charge in [0, 0.05) is 0 Å². The molecule has 1 amide bonds. The molecule has 1 fully saturated rings. The van der Waals surface area contributed by atoms with E-state index < -0.39 is 11.7 Å². The Labute approximate surface area is 133 Å². The van der Waals surface area contributed by atoms with Crippen molar-refractivity contribution in [3.63, 3.8) is 0 Å². The Hall–Kier alpha value is -1.55. The lowest BCUT2D eigenvalue weighted by Gasteiger charge is -2.31. The molecule has 0 heterocycles. The third kappa shape index (κ3) is 5.34. The molecule has 0 aliphatic heterocycles. The zero-order valence-electron chi connectivity index (χ0n) is 13.9. The van der Waals surface area contributed by atoms with Crippen molar-refractivity contribution in [2.24, 2.45) is 5.92 Å². The van der Waals surface area contributed by atoms with Crippen molar-refractivity contribution < 1.29 is 9.53 Å². The normalized spacial score (nSPS) is 17.8. The SMILES string of the molecule is CC(C)(C)OC(=O)NNC(c1ccccc1)C1CCCCC1. The summed E-state index contributed by atoms with van der Waals surface area (Å²) in [4.78, 5) is 11.9. The van der Waals surface area contributed by atoms with Crippen LogP contribution in [-0.2, 0) is 4.74 Å². The Bertz CT molecular complexity index is 462. The number of carbonyl (C=O) groups excluding carboxylic acids is 1. The molecule has 1 aliphatic rings. The summed E-state index contributed by atoms with van der Waals surface area (Å²) in [6.45, 7) is 5.59. The summed E-state index contributed by atoms with van der Waals surface area (Å²) in [6, 6.07) is 10.5. The van der Waals surface area contributed by atoms with Gasteiger partial charge in [0.2, 0.25) is 0 Å². The highest BCUT2D eigenvalue weighted by Crippen LogP contribution is 2.34. The number of ether oxygens (including phenoxy) is 1. The highest BCUT2D eigenvalue weighted by atomic mass is 16.6. The minimum Gasteiger partial charge on any atom is -0.443 e. The highest BCUT2D eigenvalue weighted by molar-refractivity contribution is 5.67. The van der Waals surface area contributed by atoms with Crippen molar-refractivity contribution in [2.75, 3.05) is 0 Å². The van der Waals surface area contributed by atoms with Gasteiger partial charge in [-0.3, -0.25) is 5.43 Å². The standard InChI is InChI=1S/C18H28N2O2/c1-18(2,3)22-17(21)20-19-16(14-10-6-4-7-11-14)15-12-8-5-9-13-15/h4,6-7,10-11,15-16,19H,5,8-9,12-13H2,1-3H3,(H,20,21). The Morgan fingerprint density at radius 2 is 1.77 bits per heavy atom. The van der Waals surface area contributed by atoms with Gasteiger partial charge < -0.3 is 4.74 Å². The number of hydrazine groups is 1. The van der Waals surface area contributed by atoms with Crippen LogP contribution >= 0.6 is 0 Å². The van der Waals surface area contributed by atoms with Crippen molar-refractivity contribution in [1.29, 1.82) is 0 Å². The molecule has 22 heavy (non-hydrogen) atoms. The Balaban J connectivity index is 2.00. The van der Waals surface area contributed by atoms with Crippen molar-refractivity contribution in [3.05, 3.63) is 35.9 Å². The van der Waals surface area contributed by atoms with E-state index in [1.54, 1.807) is 0 Å². The predicted molar refractivity (Wildman–Crippen MR) is 88.3 cm³/mol. The molecule has 1 aliphatic carbocycles. The molecule has 4 nitrogen and oxygen atoms in total. The van der Waals surface area contributed by atoms with Crippen molar-refractivity contribution >= 4 is 6.09 Å². The summed E-state index contributed by atoms with van der Waals surface area (Å²) < 4.78 is 5.30. The fraction of sp³-hybridized carbons (Fsp3) is 0.611. The molecule has 1 atom stereocenters. The van der Waals surface area contributed by atoms with E-state index in [1.807, 2.05) is 39.0 Å². The molecule has 0 spiro atoms. The fourth-order valence-electron chi connectivity index (χ4n) is 3.04. The number of benzene rings is 1. The topological polar surface area (TPSA) is 50.4 Å². The first-order valence-corrected chi connectivity index (χ1v) is 8.25. The summed E-state index contributed by atoms with van der Waals surface area (Å²) in [7, 11) is 0. The fourth-order valence-corrected chi connectivity index (χ4v) is 3.04. The van der Waals surface area contributed by atoms with Crippen LogP contribution in [0.2, 0.25) is 0 Å². The third-order valence-corrected chi connectivity index (χ3v) is 4.01. The van der Waals surface area contributed by atoms with Crippen LogP contribution in [0.25, 0.3) is 0 Å². The molecule has 0 bridgehead atoms. The number of rotatable bonds is 4. The Morgan fingerprint density at radius 3 is 2.36 bits per heavy atom. The molecule has 2 rings (SSSR count). The molecule has 122 valence electrons. The van der Waals surface area contributed by atoms with Gasteiger partial charge in [-0.2, -0.15) is 0 Å².